The van der Waals surface area contributed by atoms with Gasteiger partial charge in [0.15, 0.2) is 0 Å². The maximum atomic E-state index is 13.5. The molecule has 0 spiro atoms. The molecule has 0 unspecified atom stereocenters. The van der Waals surface area contributed by atoms with Gasteiger partial charge in [-0.25, -0.2) is 9.18 Å². The van der Waals surface area contributed by atoms with Crippen LogP contribution < -0.4 is 10.6 Å². The molecule has 0 aliphatic carbocycles. The number of urea groups is 1. The SMILES string of the molecule is C[C@@H](Cn1cccn1)NC(=O)NC[C@H](O)c1ccccc1F. The minimum absolute atomic E-state index is 0.0682. The van der Waals surface area contributed by atoms with E-state index in [2.05, 4.69) is 15.7 Å². The van der Waals surface area contributed by atoms with E-state index in [9.17, 15) is 14.3 Å². The fourth-order valence-electron chi connectivity index (χ4n) is 2.05. The second-order valence-corrected chi connectivity index (χ2v) is 5.02. The van der Waals surface area contributed by atoms with E-state index in [1.807, 2.05) is 6.92 Å². The second kappa shape index (κ2) is 7.56. The topological polar surface area (TPSA) is 79.2 Å². The number of rotatable bonds is 6. The zero-order chi connectivity index (χ0) is 15.9. The van der Waals surface area contributed by atoms with Crippen LogP contribution in [-0.2, 0) is 6.54 Å². The standard InChI is InChI=1S/C15H19FN4O2/c1-11(10-20-8-4-7-18-20)19-15(22)17-9-14(21)12-5-2-3-6-13(12)16/h2-8,11,14,21H,9-10H2,1H3,(H2,17,19,22)/t11-,14-/m0/s1. The number of aromatic nitrogens is 2. The average Bonchev–Trinajstić information content (AvgIpc) is 2.98. The quantitative estimate of drug-likeness (QED) is 0.755. The van der Waals surface area contributed by atoms with Gasteiger partial charge in [0.2, 0.25) is 0 Å². The van der Waals surface area contributed by atoms with Crippen molar-refractivity contribution >= 4 is 6.03 Å². The summed E-state index contributed by atoms with van der Waals surface area (Å²) in [6.45, 7) is 2.31. The summed E-state index contributed by atoms with van der Waals surface area (Å²) < 4.78 is 15.2. The van der Waals surface area contributed by atoms with Crippen LogP contribution in [0.15, 0.2) is 42.7 Å². The molecule has 0 aliphatic heterocycles. The first-order valence-corrected chi connectivity index (χ1v) is 7.00. The van der Waals surface area contributed by atoms with Gasteiger partial charge >= 0.3 is 6.03 Å². The van der Waals surface area contributed by atoms with Crippen LogP contribution in [0.2, 0.25) is 0 Å². The number of carbonyl (C=O) groups excluding carboxylic acids is 1. The summed E-state index contributed by atoms with van der Waals surface area (Å²) in [4.78, 5) is 11.7. The molecule has 1 aromatic carbocycles. The van der Waals surface area contributed by atoms with Crippen LogP contribution in [0.25, 0.3) is 0 Å². The lowest BCUT2D eigenvalue weighted by Crippen LogP contribution is -2.43. The molecular weight excluding hydrogens is 287 g/mol. The molecule has 0 saturated heterocycles. The Morgan fingerprint density at radius 2 is 2.18 bits per heavy atom. The van der Waals surface area contributed by atoms with E-state index in [1.54, 1.807) is 35.3 Å². The molecule has 2 aromatic rings. The molecule has 6 nitrogen and oxygen atoms in total. The van der Waals surface area contributed by atoms with Crippen molar-refractivity contribution in [1.82, 2.24) is 20.4 Å². The third-order valence-corrected chi connectivity index (χ3v) is 3.12. The lowest BCUT2D eigenvalue weighted by atomic mass is 10.1. The number of benzene rings is 1. The van der Waals surface area contributed by atoms with Gasteiger partial charge in [0.25, 0.3) is 0 Å². The van der Waals surface area contributed by atoms with Gasteiger partial charge in [-0.1, -0.05) is 18.2 Å². The predicted molar refractivity (Wildman–Crippen MR) is 79.6 cm³/mol. The largest absolute Gasteiger partial charge is 0.386 e. The Balaban J connectivity index is 1.76. The molecule has 7 heteroatoms. The van der Waals surface area contributed by atoms with Crippen LogP contribution in [-0.4, -0.2) is 33.5 Å². The summed E-state index contributed by atoms with van der Waals surface area (Å²) in [6, 6.07) is 7.18. The monoisotopic (exact) mass is 306 g/mol. The highest BCUT2D eigenvalue weighted by Gasteiger charge is 2.14. The van der Waals surface area contributed by atoms with E-state index < -0.39 is 18.0 Å². The van der Waals surface area contributed by atoms with Crippen LogP contribution in [0, 0.1) is 5.82 Å². The number of hydrogen-bond donors (Lipinski definition) is 3. The van der Waals surface area contributed by atoms with Crippen molar-refractivity contribution < 1.29 is 14.3 Å². The molecule has 0 saturated carbocycles. The van der Waals surface area contributed by atoms with E-state index in [0.29, 0.717) is 6.54 Å². The van der Waals surface area contributed by atoms with E-state index in [-0.39, 0.29) is 18.2 Å². The van der Waals surface area contributed by atoms with Crippen molar-refractivity contribution in [2.75, 3.05) is 6.54 Å². The fraction of sp³-hybridized carbons (Fsp3) is 0.333. The molecule has 3 N–H and O–H groups in total. The van der Waals surface area contributed by atoms with Crippen LogP contribution in [0.5, 0.6) is 0 Å². The van der Waals surface area contributed by atoms with Crippen molar-refractivity contribution in [3.8, 4) is 0 Å². The third-order valence-electron chi connectivity index (χ3n) is 3.12. The zero-order valence-corrected chi connectivity index (χ0v) is 12.2. The Bertz CT molecular complexity index is 603. The lowest BCUT2D eigenvalue weighted by molar-refractivity contribution is 0.168. The normalized spacial score (nSPS) is 13.4. The molecule has 0 bridgehead atoms. The van der Waals surface area contributed by atoms with Crippen molar-refractivity contribution in [3.05, 3.63) is 54.1 Å². The van der Waals surface area contributed by atoms with Gasteiger partial charge in [-0.2, -0.15) is 5.10 Å². The molecule has 22 heavy (non-hydrogen) atoms. The molecule has 1 aromatic heterocycles. The maximum Gasteiger partial charge on any atom is 0.315 e. The van der Waals surface area contributed by atoms with Crippen molar-refractivity contribution in [2.24, 2.45) is 0 Å². The average molecular weight is 306 g/mol. The molecule has 0 radical (unpaired) electrons. The number of nitrogens with one attached hydrogen (secondary N) is 2. The second-order valence-electron chi connectivity index (χ2n) is 5.02. The highest BCUT2D eigenvalue weighted by atomic mass is 19.1. The number of aliphatic hydroxyl groups excluding tert-OH is 1. The van der Waals surface area contributed by atoms with Crippen molar-refractivity contribution in [2.45, 2.75) is 25.6 Å². The van der Waals surface area contributed by atoms with Crippen LogP contribution >= 0.6 is 0 Å². The van der Waals surface area contributed by atoms with E-state index >= 15 is 0 Å². The summed E-state index contributed by atoms with van der Waals surface area (Å²) in [5, 5.41) is 19.2. The Kier molecular flexibility index (Phi) is 5.48. The summed E-state index contributed by atoms with van der Waals surface area (Å²) in [6.07, 6.45) is 2.38. The lowest BCUT2D eigenvalue weighted by Gasteiger charge is -2.17. The summed E-state index contributed by atoms with van der Waals surface area (Å²) in [7, 11) is 0. The highest BCUT2D eigenvalue weighted by molar-refractivity contribution is 5.74. The Labute approximate surface area is 128 Å². The number of amides is 2. The first-order chi connectivity index (χ1) is 10.6. The number of halogens is 1. The highest BCUT2D eigenvalue weighted by Crippen LogP contribution is 2.15. The summed E-state index contributed by atoms with van der Waals surface area (Å²) in [5.74, 6) is -0.496. The van der Waals surface area contributed by atoms with Gasteiger partial charge in [-0.05, 0) is 19.1 Å². The van der Waals surface area contributed by atoms with Crippen molar-refractivity contribution in [3.63, 3.8) is 0 Å². The van der Waals surface area contributed by atoms with E-state index in [1.165, 1.54) is 12.1 Å². The molecule has 0 fully saturated rings. The Morgan fingerprint density at radius 3 is 2.86 bits per heavy atom. The molecule has 2 amide bonds. The van der Waals surface area contributed by atoms with Gasteiger partial charge in [-0.3, -0.25) is 4.68 Å². The summed E-state index contributed by atoms with van der Waals surface area (Å²) >= 11 is 0. The van der Waals surface area contributed by atoms with Gasteiger partial charge in [-0.15, -0.1) is 0 Å². The molecule has 0 aliphatic rings. The minimum atomic E-state index is -1.09. The zero-order valence-electron chi connectivity index (χ0n) is 12.2. The van der Waals surface area contributed by atoms with E-state index in [0.717, 1.165) is 0 Å². The first-order valence-electron chi connectivity index (χ1n) is 7.00. The van der Waals surface area contributed by atoms with Gasteiger partial charge < -0.3 is 15.7 Å². The fourth-order valence-corrected chi connectivity index (χ4v) is 2.05. The molecule has 1 heterocycles. The minimum Gasteiger partial charge on any atom is -0.386 e. The van der Waals surface area contributed by atoms with Gasteiger partial charge in [0, 0.05) is 30.5 Å². The number of nitrogens with zero attached hydrogens (tertiary/aromatic N) is 2. The molecule has 2 atom stereocenters. The van der Waals surface area contributed by atoms with E-state index in [4.69, 9.17) is 0 Å². The number of carbonyl (C=O) groups is 1. The third kappa shape index (κ3) is 4.56. The first kappa shape index (κ1) is 16.0. The number of aliphatic hydroxyl groups is 1. The maximum absolute atomic E-state index is 13.5. The molecule has 2 rings (SSSR count). The van der Waals surface area contributed by atoms with Crippen LogP contribution in [0.4, 0.5) is 9.18 Å². The summed E-state index contributed by atoms with van der Waals surface area (Å²) in [5.41, 5.74) is 0.160. The van der Waals surface area contributed by atoms with Crippen molar-refractivity contribution in [1.29, 1.82) is 0 Å². The Hall–Kier alpha value is -2.41. The van der Waals surface area contributed by atoms with Gasteiger partial charge in [0.1, 0.15) is 5.82 Å². The van der Waals surface area contributed by atoms with Gasteiger partial charge in [0.05, 0.1) is 12.6 Å². The predicted octanol–water partition coefficient (Wildman–Crippen LogP) is 1.44. The molecule has 118 valence electrons. The molecular formula is C15H19FN4O2. The number of hydrogen-bond acceptors (Lipinski definition) is 3. The van der Waals surface area contributed by atoms with Crippen LogP contribution in [0.1, 0.15) is 18.6 Å². The van der Waals surface area contributed by atoms with Crippen LogP contribution in [0.3, 0.4) is 0 Å². The Morgan fingerprint density at radius 1 is 1.41 bits per heavy atom. The smallest absolute Gasteiger partial charge is 0.315 e.